The number of aryl methyl sites for hydroxylation is 1. The molecule has 0 saturated carbocycles. The van der Waals surface area contributed by atoms with Gasteiger partial charge in [0.1, 0.15) is 11.4 Å². The fourth-order valence-corrected chi connectivity index (χ4v) is 2.31. The monoisotopic (exact) mass is 318 g/mol. The van der Waals surface area contributed by atoms with Crippen LogP contribution in [-0.2, 0) is 0 Å². The minimum Gasteiger partial charge on any atom is -0.394 e. The van der Waals surface area contributed by atoms with E-state index in [-0.39, 0.29) is 11.1 Å². The number of nitrogens with one attached hydrogen (secondary N) is 1. The van der Waals surface area contributed by atoms with Crippen LogP contribution >= 0.6 is 0 Å². The van der Waals surface area contributed by atoms with Crippen molar-refractivity contribution in [3.63, 3.8) is 0 Å². The van der Waals surface area contributed by atoms with Gasteiger partial charge in [0, 0.05) is 5.56 Å². The number of nitrogens with zero attached hydrogens (tertiary/aromatic N) is 1. The molecule has 0 radical (unpaired) electrons. The lowest BCUT2D eigenvalue weighted by Crippen LogP contribution is -2.31. The maximum Gasteiger partial charge on any atom is 0.285 e. The maximum atomic E-state index is 13.5. The number of hydrogen-bond donors (Lipinski definition) is 2. The van der Waals surface area contributed by atoms with Crippen LogP contribution in [-0.4, -0.2) is 22.5 Å². The summed E-state index contributed by atoms with van der Waals surface area (Å²) in [5.41, 5.74) is -0.130. The molecule has 1 amide bonds. The van der Waals surface area contributed by atoms with Gasteiger partial charge in [-0.15, -0.1) is 0 Å². The standard InChI is InChI=1S/C16H15FN2O4/c1-10-7-12(17)8-13(15(10)19(22)23)16(21)18-14(9-20)11-5-3-2-4-6-11/h2-8,14,20H,9H2,1H3,(H,18,21)/t14-/m1/s1. The second-order valence-corrected chi connectivity index (χ2v) is 5.00. The van der Waals surface area contributed by atoms with Crippen molar-refractivity contribution >= 4 is 11.6 Å². The van der Waals surface area contributed by atoms with Crippen molar-refractivity contribution in [3.05, 3.63) is 75.1 Å². The first kappa shape index (κ1) is 16.6. The van der Waals surface area contributed by atoms with E-state index in [0.29, 0.717) is 5.56 Å². The van der Waals surface area contributed by atoms with Gasteiger partial charge < -0.3 is 10.4 Å². The Bertz CT molecular complexity index is 734. The number of amides is 1. The van der Waals surface area contributed by atoms with Gasteiger partial charge in [-0.3, -0.25) is 14.9 Å². The van der Waals surface area contributed by atoms with E-state index >= 15 is 0 Å². The smallest absolute Gasteiger partial charge is 0.285 e. The molecule has 1 atom stereocenters. The lowest BCUT2D eigenvalue weighted by Gasteiger charge is -2.17. The van der Waals surface area contributed by atoms with Crippen LogP contribution in [0.2, 0.25) is 0 Å². The summed E-state index contributed by atoms with van der Waals surface area (Å²) in [5, 5.41) is 23.1. The average Bonchev–Trinajstić information content (AvgIpc) is 2.51. The Balaban J connectivity index is 2.35. The highest BCUT2D eigenvalue weighted by molar-refractivity contribution is 5.98. The summed E-state index contributed by atoms with van der Waals surface area (Å²) in [6.07, 6.45) is 0. The van der Waals surface area contributed by atoms with Gasteiger partial charge in [-0.2, -0.15) is 0 Å². The average molecular weight is 318 g/mol. The van der Waals surface area contributed by atoms with Crippen LogP contribution in [0, 0.1) is 22.9 Å². The zero-order valence-electron chi connectivity index (χ0n) is 12.3. The van der Waals surface area contributed by atoms with Crippen LogP contribution in [0.1, 0.15) is 27.5 Å². The third-order valence-corrected chi connectivity index (χ3v) is 3.38. The van der Waals surface area contributed by atoms with Crippen LogP contribution in [0.5, 0.6) is 0 Å². The molecule has 0 aliphatic rings. The van der Waals surface area contributed by atoms with Crippen molar-refractivity contribution in [2.75, 3.05) is 6.61 Å². The topological polar surface area (TPSA) is 92.5 Å². The molecule has 0 unspecified atom stereocenters. The summed E-state index contributed by atoms with van der Waals surface area (Å²) in [7, 11) is 0. The molecule has 0 fully saturated rings. The first-order valence-electron chi connectivity index (χ1n) is 6.85. The van der Waals surface area contributed by atoms with Crippen molar-refractivity contribution < 1.29 is 19.2 Å². The van der Waals surface area contributed by atoms with E-state index < -0.39 is 35.0 Å². The zero-order valence-corrected chi connectivity index (χ0v) is 12.3. The first-order valence-corrected chi connectivity index (χ1v) is 6.85. The minimum absolute atomic E-state index is 0.0559. The molecule has 0 bridgehead atoms. The van der Waals surface area contributed by atoms with E-state index in [1.165, 1.54) is 6.92 Å². The predicted molar refractivity (Wildman–Crippen MR) is 81.5 cm³/mol. The van der Waals surface area contributed by atoms with Crippen LogP contribution in [0.3, 0.4) is 0 Å². The number of hydrogen-bond acceptors (Lipinski definition) is 4. The Morgan fingerprint density at radius 1 is 1.35 bits per heavy atom. The van der Waals surface area contributed by atoms with Crippen molar-refractivity contribution in [2.45, 2.75) is 13.0 Å². The fourth-order valence-electron chi connectivity index (χ4n) is 2.31. The highest BCUT2D eigenvalue weighted by atomic mass is 19.1. The van der Waals surface area contributed by atoms with Crippen LogP contribution in [0.4, 0.5) is 10.1 Å². The van der Waals surface area contributed by atoms with Crippen molar-refractivity contribution in [3.8, 4) is 0 Å². The Morgan fingerprint density at radius 3 is 2.57 bits per heavy atom. The number of rotatable bonds is 5. The Morgan fingerprint density at radius 2 is 2.00 bits per heavy atom. The Kier molecular flexibility index (Phi) is 5.02. The van der Waals surface area contributed by atoms with Gasteiger partial charge >= 0.3 is 0 Å². The molecule has 120 valence electrons. The third-order valence-electron chi connectivity index (χ3n) is 3.38. The summed E-state index contributed by atoms with van der Waals surface area (Å²) in [6, 6.07) is 9.72. The van der Waals surface area contributed by atoms with Crippen molar-refractivity contribution in [1.29, 1.82) is 0 Å². The molecular formula is C16H15FN2O4. The van der Waals surface area contributed by atoms with Crippen molar-refractivity contribution in [1.82, 2.24) is 5.32 Å². The molecule has 0 spiro atoms. The number of nitro groups is 1. The van der Waals surface area contributed by atoms with E-state index in [4.69, 9.17) is 0 Å². The third kappa shape index (κ3) is 3.70. The van der Waals surface area contributed by atoms with Crippen LogP contribution < -0.4 is 5.32 Å². The normalized spacial score (nSPS) is 11.8. The van der Waals surface area contributed by atoms with Gasteiger partial charge in [0.15, 0.2) is 0 Å². The largest absolute Gasteiger partial charge is 0.394 e. The molecule has 7 heteroatoms. The summed E-state index contributed by atoms with van der Waals surface area (Å²) < 4.78 is 13.5. The quantitative estimate of drug-likeness (QED) is 0.654. The van der Waals surface area contributed by atoms with E-state index in [2.05, 4.69) is 5.32 Å². The highest BCUT2D eigenvalue weighted by Crippen LogP contribution is 2.25. The number of aliphatic hydroxyl groups is 1. The molecule has 0 saturated heterocycles. The minimum atomic E-state index is -0.817. The summed E-state index contributed by atoms with van der Waals surface area (Å²) >= 11 is 0. The molecule has 2 rings (SSSR count). The Hall–Kier alpha value is -2.80. The summed E-state index contributed by atoms with van der Waals surface area (Å²) in [4.78, 5) is 22.7. The number of carbonyl (C=O) groups excluding carboxylic acids is 1. The van der Waals surface area contributed by atoms with Gasteiger partial charge in [-0.05, 0) is 24.6 Å². The first-order chi connectivity index (χ1) is 10.9. The molecule has 6 nitrogen and oxygen atoms in total. The molecule has 0 aliphatic heterocycles. The molecule has 23 heavy (non-hydrogen) atoms. The Labute approximate surface area is 131 Å². The lowest BCUT2D eigenvalue weighted by atomic mass is 10.0. The second kappa shape index (κ2) is 6.97. The zero-order chi connectivity index (χ0) is 17.0. The van der Waals surface area contributed by atoms with E-state index in [9.17, 15) is 24.4 Å². The number of nitro benzene ring substituents is 1. The van der Waals surface area contributed by atoms with Crippen molar-refractivity contribution in [2.24, 2.45) is 0 Å². The van der Waals surface area contributed by atoms with E-state index in [1.807, 2.05) is 0 Å². The van der Waals surface area contributed by atoms with Gasteiger partial charge in [-0.25, -0.2) is 4.39 Å². The molecule has 0 aromatic heterocycles. The maximum absolute atomic E-state index is 13.5. The lowest BCUT2D eigenvalue weighted by molar-refractivity contribution is -0.385. The second-order valence-electron chi connectivity index (χ2n) is 5.00. The van der Waals surface area contributed by atoms with Crippen LogP contribution in [0.25, 0.3) is 0 Å². The summed E-state index contributed by atoms with van der Waals surface area (Å²) in [5.74, 6) is -1.55. The van der Waals surface area contributed by atoms with Gasteiger partial charge in [0.05, 0.1) is 17.6 Å². The molecule has 2 aromatic carbocycles. The molecule has 0 aliphatic carbocycles. The SMILES string of the molecule is Cc1cc(F)cc(C(=O)N[C@H](CO)c2ccccc2)c1[N+](=O)[O-]. The molecular weight excluding hydrogens is 303 g/mol. The molecule has 2 N–H and O–H groups in total. The van der Waals surface area contributed by atoms with E-state index in [0.717, 1.165) is 12.1 Å². The number of benzene rings is 2. The number of aliphatic hydroxyl groups excluding tert-OH is 1. The van der Waals surface area contributed by atoms with E-state index in [1.54, 1.807) is 30.3 Å². The molecule has 0 heterocycles. The van der Waals surface area contributed by atoms with Gasteiger partial charge in [-0.1, -0.05) is 30.3 Å². The van der Waals surface area contributed by atoms with Gasteiger partial charge in [0.2, 0.25) is 0 Å². The summed E-state index contributed by atoms with van der Waals surface area (Å²) in [6.45, 7) is 0.969. The predicted octanol–water partition coefficient (Wildman–Crippen LogP) is 2.51. The highest BCUT2D eigenvalue weighted by Gasteiger charge is 2.26. The number of carbonyl (C=O) groups is 1. The number of halogens is 1. The van der Waals surface area contributed by atoms with Crippen LogP contribution in [0.15, 0.2) is 42.5 Å². The molecule has 2 aromatic rings. The fraction of sp³-hybridized carbons (Fsp3) is 0.188. The van der Waals surface area contributed by atoms with Gasteiger partial charge in [0.25, 0.3) is 11.6 Å².